The summed E-state index contributed by atoms with van der Waals surface area (Å²) in [6.07, 6.45) is 5.95. The number of likely N-dealkylation sites (tertiary alicyclic amines) is 1. The van der Waals surface area contributed by atoms with Crippen LogP contribution in [0.15, 0.2) is 41.4 Å². The number of anilines is 1. The second-order valence-corrected chi connectivity index (χ2v) is 8.87. The number of rotatable bonds is 8. The number of benzene rings is 1. The second kappa shape index (κ2) is 9.12. The third-order valence-corrected chi connectivity index (χ3v) is 6.60. The number of nitrogens with zero attached hydrogens (tertiary/aromatic N) is 3. The van der Waals surface area contributed by atoms with Crippen LogP contribution >= 0.6 is 0 Å². The number of hydrogen-bond donors (Lipinski definition) is 2. The van der Waals surface area contributed by atoms with E-state index in [0.717, 1.165) is 30.2 Å². The van der Waals surface area contributed by atoms with Crippen molar-refractivity contribution in [3.63, 3.8) is 0 Å². The van der Waals surface area contributed by atoms with Crippen LogP contribution in [0, 0.1) is 23.7 Å². The van der Waals surface area contributed by atoms with Gasteiger partial charge < -0.3 is 15.5 Å². The number of hydrogen-bond acceptors (Lipinski definition) is 4. The first-order chi connectivity index (χ1) is 15.0. The normalized spacial score (nSPS) is 26.5. The van der Waals surface area contributed by atoms with Crippen molar-refractivity contribution < 1.29 is 9.59 Å². The van der Waals surface area contributed by atoms with Crippen LogP contribution in [0.25, 0.3) is 0 Å². The van der Waals surface area contributed by atoms with Gasteiger partial charge in [-0.15, -0.1) is 0 Å². The van der Waals surface area contributed by atoms with E-state index in [1.165, 1.54) is 4.90 Å². The lowest BCUT2D eigenvalue weighted by molar-refractivity contribution is -0.140. The highest BCUT2D eigenvalue weighted by Crippen LogP contribution is 2.52. The lowest BCUT2D eigenvalue weighted by Crippen LogP contribution is -2.40. The van der Waals surface area contributed by atoms with E-state index in [-0.39, 0.29) is 35.5 Å². The van der Waals surface area contributed by atoms with Gasteiger partial charge in [-0.2, -0.15) is 0 Å². The van der Waals surface area contributed by atoms with Gasteiger partial charge in [0, 0.05) is 39.4 Å². The number of guanidine groups is 1. The number of fused-ring (bicyclic) bond motifs is 5. The van der Waals surface area contributed by atoms with Crippen molar-refractivity contribution in [2.45, 2.75) is 26.3 Å². The highest BCUT2D eigenvalue weighted by atomic mass is 16.2. The van der Waals surface area contributed by atoms with Crippen LogP contribution in [-0.2, 0) is 16.1 Å². The number of allylic oxidation sites excluding steroid dienone is 2. The Morgan fingerprint density at radius 2 is 1.84 bits per heavy atom. The molecule has 1 saturated carbocycles. The van der Waals surface area contributed by atoms with Crippen LogP contribution in [0.3, 0.4) is 0 Å². The first-order valence-corrected chi connectivity index (χ1v) is 11.3. The maximum atomic E-state index is 12.8. The van der Waals surface area contributed by atoms with E-state index in [4.69, 9.17) is 0 Å². The molecule has 1 saturated heterocycles. The third-order valence-electron chi connectivity index (χ3n) is 6.60. The van der Waals surface area contributed by atoms with E-state index in [1.807, 2.05) is 27.1 Å². The van der Waals surface area contributed by atoms with Crippen molar-refractivity contribution in [1.29, 1.82) is 0 Å². The molecule has 4 rings (SSSR count). The predicted octanol–water partition coefficient (Wildman–Crippen LogP) is 2.00. The van der Waals surface area contributed by atoms with Gasteiger partial charge in [0.2, 0.25) is 11.8 Å². The molecule has 0 radical (unpaired) electrons. The number of carbonyl (C=O) groups excluding carboxylic acids is 2. The van der Waals surface area contributed by atoms with Crippen LogP contribution in [-0.4, -0.2) is 56.4 Å². The van der Waals surface area contributed by atoms with E-state index in [1.54, 1.807) is 0 Å². The smallest absolute Gasteiger partial charge is 0.233 e. The van der Waals surface area contributed by atoms with Gasteiger partial charge in [0.1, 0.15) is 0 Å². The van der Waals surface area contributed by atoms with Crippen molar-refractivity contribution in [2.75, 3.05) is 38.6 Å². The average Bonchev–Trinajstić information content (AvgIpc) is 3.44. The summed E-state index contributed by atoms with van der Waals surface area (Å²) in [4.78, 5) is 33.8. The topological polar surface area (TPSA) is 77.0 Å². The minimum atomic E-state index is -0.104. The molecule has 3 aliphatic rings. The molecule has 1 aromatic carbocycles. The molecule has 2 bridgehead atoms. The van der Waals surface area contributed by atoms with Crippen molar-refractivity contribution in [3.8, 4) is 0 Å². The van der Waals surface area contributed by atoms with Gasteiger partial charge in [-0.3, -0.25) is 14.5 Å². The Balaban J connectivity index is 1.27. The van der Waals surface area contributed by atoms with E-state index in [9.17, 15) is 9.59 Å². The molecule has 2 aliphatic carbocycles. The molecule has 0 spiro atoms. The fraction of sp³-hybridized carbons (Fsp3) is 0.542. The lowest BCUT2D eigenvalue weighted by Gasteiger charge is -2.18. The molecule has 1 heterocycles. The average molecular weight is 424 g/mol. The van der Waals surface area contributed by atoms with Crippen molar-refractivity contribution in [3.05, 3.63) is 42.0 Å². The Labute approximate surface area is 184 Å². The van der Waals surface area contributed by atoms with Crippen LogP contribution in [0.2, 0.25) is 0 Å². The molecule has 4 atom stereocenters. The highest BCUT2D eigenvalue weighted by molar-refractivity contribution is 6.06. The van der Waals surface area contributed by atoms with E-state index in [2.05, 4.69) is 50.9 Å². The highest BCUT2D eigenvalue weighted by Gasteiger charge is 2.58. The van der Waals surface area contributed by atoms with Crippen molar-refractivity contribution in [1.82, 2.24) is 15.5 Å². The minimum absolute atomic E-state index is 0.0354. The Bertz CT molecular complexity index is 864. The van der Waals surface area contributed by atoms with Gasteiger partial charge in [-0.25, -0.2) is 4.99 Å². The summed E-state index contributed by atoms with van der Waals surface area (Å²) in [6, 6.07) is 8.33. The summed E-state index contributed by atoms with van der Waals surface area (Å²) in [6.45, 7) is 4.51. The van der Waals surface area contributed by atoms with Gasteiger partial charge in [-0.1, -0.05) is 24.3 Å². The van der Waals surface area contributed by atoms with E-state index in [0.29, 0.717) is 26.1 Å². The quantitative estimate of drug-likeness (QED) is 0.220. The zero-order valence-corrected chi connectivity index (χ0v) is 18.7. The maximum Gasteiger partial charge on any atom is 0.233 e. The SMILES string of the molecule is CCNC(=NCc1cccc(N(C)C)c1)NCCCN1C(=O)C2C3C=CC(C3)C2C1=O. The summed E-state index contributed by atoms with van der Waals surface area (Å²) in [5.74, 6) is 1.15. The maximum absolute atomic E-state index is 12.8. The van der Waals surface area contributed by atoms with Gasteiger partial charge in [0.05, 0.1) is 18.4 Å². The van der Waals surface area contributed by atoms with Gasteiger partial charge in [0.15, 0.2) is 5.96 Å². The van der Waals surface area contributed by atoms with Gasteiger partial charge >= 0.3 is 0 Å². The fourth-order valence-corrected chi connectivity index (χ4v) is 5.07. The first-order valence-electron chi connectivity index (χ1n) is 11.3. The number of aliphatic imine (C=N–C) groups is 1. The molecule has 7 heteroatoms. The van der Waals surface area contributed by atoms with E-state index >= 15 is 0 Å². The monoisotopic (exact) mass is 423 g/mol. The minimum Gasteiger partial charge on any atom is -0.378 e. The molecule has 2 fully saturated rings. The molecule has 166 valence electrons. The zero-order valence-electron chi connectivity index (χ0n) is 18.7. The summed E-state index contributed by atoms with van der Waals surface area (Å²) in [7, 11) is 4.05. The van der Waals surface area contributed by atoms with Crippen LogP contribution < -0.4 is 15.5 Å². The second-order valence-electron chi connectivity index (χ2n) is 8.87. The largest absolute Gasteiger partial charge is 0.378 e. The molecule has 1 aromatic rings. The van der Waals surface area contributed by atoms with Crippen molar-refractivity contribution >= 4 is 23.5 Å². The standard InChI is InChI=1S/C24H33N5O2/c1-4-25-24(27-15-16-7-5-8-19(13-16)28(2)3)26-11-6-12-29-22(30)20-17-9-10-18(14-17)21(20)23(29)31/h5,7-10,13,17-18,20-21H,4,6,11-12,14-15H2,1-3H3,(H2,25,26,27). The Hall–Kier alpha value is -2.83. The van der Waals surface area contributed by atoms with Gasteiger partial charge in [0.25, 0.3) is 0 Å². The molecular weight excluding hydrogens is 390 g/mol. The molecule has 1 aliphatic heterocycles. The molecule has 2 N–H and O–H groups in total. The van der Waals surface area contributed by atoms with Crippen LogP contribution in [0.4, 0.5) is 5.69 Å². The molecule has 31 heavy (non-hydrogen) atoms. The number of nitrogens with one attached hydrogen (secondary N) is 2. The number of imide groups is 1. The first kappa shape index (κ1) is 21.4. The summed E-state index contributed by atoms with van der Waals surface area (Å²) in [5.41, 5.74) is 2.30. The molecule has 2 amide bonds. The summed E-state index contributed by atoms with van der Waals surface area (Å²) < 4.78 is 0. The molecular formula is C24H33N5O2. The number of amides is 2. The van der Waals surface area contributed by atoms with Gasteiger partial charge in [-0.05, 0) is 49.3 Å². The Kier molecular flexibility index (Phi) is 6.30. The fourth-order valence-electron chi connectivity index (χ4n) is 5.07. The van der Waals surface area contributed by atoms with E-state index < -0.39 is 0 Å². The molecule has 7 nitrogen and oxygen atoms in total. The molecule has 0 aromatic heterocycles. The lowest BCUT2D eigenvalue weighted by atomic mass is 9.85. The Morgan fingerprint density at radius 1 is 1.13 bits per heavy atom. The Morgan fingerprint density at radius 3 is 2.48 bits per heavy atom. The van der Waals surface area contributed by atoms with Crippen LogP contribution in [0.5, 0.6) is 0 Å². The summed E-state index contributed by atoms with van der Waals surface area (Å²) >= 11 is 0. The molecule has 4 unspecified atom stereocenters. The third kappa shape index (κ3) is 4.31. The van der Waals surface area contributed by atoms with Crippen LogP contribution in [0.1, 0.15) is 25.3 Å². The summed E-state index contributed by atoms with van der Waals surface area (Å²) in [5, 5.41) is 6.59. The predicted molar refractivity (Wildman–Crippen MR) is 123 cm³/mol. The zero-order chi connectivity index (χ0) is 22.0. The number of carbonyl (C=O) groups is 2. The van der Waals surface area contributed by atoms with Crippen molar-refractivity contribution in [2.24, 2.45) is 28.7 Å².